The molecule has 1 rings (SSSR count). The Labute approximate surface area is 60.9 Å². The van der Waals surface area contributed by atoms with E-state index >= 15 is 0 Å². The van der Waals surface area contributed by atoms with Crippen LogP contribution in [0.5, 0.6) is 0 Å². The van der Waals surface area contributed by atoms with Crippen molar-refractivity contribution in [1.82, 2.24) is 0 Å². The Morgan fingerprint density at radius 1 is 1.44 bits per heavy atom. The molecule has 0 radical (unpaired) electrons. The van der Waals surface area contributed by atoms with E-state index in [-0.39, 0.29) is 5.56 Å². The van der Waals surface area contributed by atoms with Crippen molar-refractivity contribution in [3.8, 4) is 0 Å². The van der Waals surface area contributed by atoms with Crippen molar-refractivity contribution in [3.05, 3.63) is 0 Å². The second-order valence-electron chi connectivity index (χ2n) is 3.50. The highest BCUT2D eigenvalue weighted by atomic mass is 35.5. The highest BCUT2D eigenvalue weighted by Gasteiger charge is 2.40. The topological polar surface area (TPSA) is 12.5 Å². The molecule has 2 unspecified atom stereocenters. The molecular weight excluding hydrogens is 138 g/mol. The number of ether oxygens (including phenoxy) is 1. The third-order valence-electron chi connectivity index (χ3n) is 1.25. The molecule has 0 aliphatic carbocycles. The van der Waals surface area contributed by atoms with Gasteiger partial charge >= 0.3 is 0 Å². The Morgan fingerprint density at radius 3 is 2.00 bits per heavy atom. The molecule has 0 bridgehead atoms. The van der Waals surface area contributed by atoms with Gasteiger partial charge in [0.25, 0.3) is 0 Å². The molecular formula is C6H13ClNO+. The molecule has 9 heavy (non-hydrogen) atoms. The minimum Gasteiger partial charge on any atom is -0.346 e. The van der Waals surface area contributed by atoms with E-state index in [1.54, 1.807) is 0 Å². The Bertz CT molecular complexity index is 110. The van der Waals surface area contributed by atoms with E-state index in [2.05, 4.69) is 21.1 Å². The van der Waals surface area contributed by atoms with Crippen molar-refractivity contribution in [1.29, 1.82) is 0 Å². The zero-order chi connectivity index (χ0) is 7.07. The first kappa shape index (κ1) is 7.32. The number of nitrogens with zero attached hydrogens (tertiary/aromatic N) is 1. The Balaban J connectivity index is 2.19. The lowest BCUT2D eigenvalue weighted by Crippen LogP contribution is -2.38. The third kappa shape index (κ3) is 2.52. The average molecular weight is 151 g/mol. The van der Waals surface area contributed by atoms with E-state index in [1.807, 2.05) is 0 Å². The first-order chi connectivity index (χ1) is 3.99. The summed E-state index contributed by atoms with van der Waals surface area (Å²) in [7, 11) is 6.39. The summed E-state index contributed by atoms with van der Waals surface area (Å²) in [6, 6.07) is 0. The lowest BCUT2D eigenvalue weighted by atomic mass is 10.4. The molecule has 2 nitrogen and oxygen atoms in total. The lowest BCUT2D eigenvalue weighted by Gasteiger charge is -2.22. The zero-order valence-electron chi connectivity index (χ0n) is 6.10. The Hall–Kier alpha value is 0.210. The molecule has 3 heteroatoms. The number of hydrogen-bond donors (Lipinski definition) is 0. The molecule has 0 aromatic heterocycles. The van der Waals surface area contributed by atoms with Gasteiger partial charge in [0.05, 0.1) is 21.1 Å². The first-order valence-corrected chi connectivity index (χ1v) is 3.53. The van der Waals surface area contributed by atoms with E-state index in [9.17, 15) is 0 Å². The van der Waals surface area contributed by atoms with Gasteiger partial charge in [0.2, 0.25) is 0 Å². The molecule has 0 saturated carbocycles. The summed E-state index contributed by atoms with van der Waals surface area (Å²) in [4.78, 5) is 0. The number of alkyl halides is 1. The van der Waals surface area contributed by atoms with Crippen molar-refractivity contribution in [3.63, 3.8) is 0 Å². The molecule has 1 aliphatic rings. The predicted molar refractivity (Wildman–Crippen MR) is 37.4 cm³/mol. The van der Waals surface area contributed by atoms with Gasteiger partial charge in [-0.15, -0.1) is 0 Å². The average Bonchev–Trinajstić information content (AvgIpc) is 2.13. The van der Waals surface area contributed by atoms with Crippen molar-refractivity contribution in [2.24, 2.45) is 0 Å². The van der Waals surface area contributed by atoms with Gasteiger partial charge in [-0.2, -0.15) is 0 Å². The predicted octanol–water partition coefficient (Wildman–Crippen LogP) is 0.656. The minimum absolute atomic E-state index is 0.0117. The molecule has 0 N–H and O–H groups in total. The van der Waals surface area contributed by atoms with Gasteiger partial charge in [0.1, 0.15) is 12.6 Å². The van der Waals surface area contributed by atoms with Crippen LogP contribution in [0, 0.1) is 0 Å². The first-order valence-electron chi connectivity index (χ1n) is 3.09. The van der Waals surface area contributed by atoms with Crippen molar-refractivity contribution in [2.75, 3.05) is 27.7 Å². The van der Waals surface area contributed by atoms with Crippen LogP contribution in [-0.2, 0) is 4.74 Å². The highest BCUT2D eigenvalue weighted by molar-refractivity contribution is 6.21. The molecule has 0 amide bonds. The number of hydrogen-bond acceptors (Lipinski definition) is 1. The monoisotopic (exact) mass is 150 g/mol. The van der Waals surface area contributed by atoms with Crippen LogP contribution in [0.4, 0.5) is 0 Å². The largest absolute Gasteiger partial charge is 0.346 e. The fourth-order valence-corrected chi connectivity index (χ4v) is 0.999. The van der Waals surface area contributed by atoms with Gasteiger partial charge in [0.15, 0.2) is 5.56 Å². The van der Waals surface area contributed by atoms with Crippen LogP contribution in [0.25, 0.3) is 0 Å². The molecule has 2 atom stereocenters. The zero-order valence-corrected chi connectivity index (χ0v) is 6.85. The van der Waals surface area contributed by atoms with E-state index in [0.29, 0.717) is 6.10 Å². The minimum atomic E-state index is -0.0117. The number of rotatable bonds is 2. The summed E-state index contributed by atoms with van der Waals surface area (Å²) < 4.78 is 5.97. The summed E-state index contributed by atoms with van der Waals surface area (Å²) in [5.74, 6) is 0. The van der Waals surface area contributed by atoms with E-state index in [0.717, 1.165) is 11.0 Å². The number of quaternary nitrogens is 1. The highest BCUT2D eigenvalue weighted by Crippen LogP contribution is 2.26. The van der Waals surface area contributed by atoms with Gasteiger partial charge in [-0.1, -0.05) is 11.6 Å². The smallest absolute Gasteiger partial charge is 0.163 e. The van der Waals surface area contributed by atoms with E-state index in [4.69, 9.17) is 16.3 Å². The van der Waals surface area contributed by atoms with Crippen LogP contribution < -0.4 is 0 Å². The Kier molecular flexibility index (Phi) is 1.72. The van der Waals surface area contributed by atoms with Gasteiger partial charge in [-0.3, -0.25) is 0 Å². The summed E-state index contributed by atoms with van der Waals surface area (Å²) >= 11 is 5.63. The second kappa shape index (κ2) is 2.11. The molecule has 0 spiro atoms. The maximum absolute atomic E-state index is 5.63. The van der Waals surface area contributed by atoms with Crippen LogP contribution in [0.1, 0.15) is 0 Å². The van der Waals surface area contributed by atoms with Crippen LogP contribution >= 0.6 is 11.6 Å². The van der Waals surface area contributed by atoms with Crippen molar-refractivity contribution in [2.45, 2.75) is 11.7 Å². The fraction of sp³-hybridized carbons (Fsp3) is 1.00. The van der Waals surface area contributed by atoms with Crippen LogP contribution in [0.15, 0.2) is 0 Å². The second-order valence-corrected chi connectivity index (χ2v) is 3.93. The summed E-state index contributed by atoms with van der Waals surface area (Å²) in [5.41, 5.74) is -0.0117. The third-order valence-corrected chi connectivity index (χ3v) is 1.63. The molecule has 54 valence electrons. The summed E-state index contributed by atoms with van der Waals surface area (Å²) in [6.45, 7) is 1.01. The van der Waals surface area contributed by atoms with Gasteiger partial charge in [-0.25, -0.2) is 0 Å². The van der Waals surface area contributed by atoms with Crippen molar-refractivity contribution < 1.29 is 9.22 Å². The van der Waals surface area contributed by atoms with E-state index < -0.39 is 0 Å². The van der Waals surface area contributed by atoms with Crippen molar-refractivity contribution >= 4 is 11.6 Å². The Morgan fingerprint density at radius 2 is 1.89 bits per heavy atom. The fourth-order valence-electron chi connectivity index (χ4n) is 0.787. The molecule has 1 aliphatic heterocycles. The normalized spacial score (nSPS) is 34.7. The van der Waals surface area contributed by atoms with Crippen LogP contribution in [0.3, 0.4) is 0 Å². The van der Waals surface area contributed by atoms with Crippen LogP contribution in [0.2, 0.25) is 0 Å². The SMILES string of the molecule is C[N+](C)(C)CC1OC1Cl. The molecule has 1 saturated heterocycles. The molecule has 1 heterocycles. The van der Waals surface area contributed by atoms with Gasteiger partial charge < -0.3 is 9.22 Å². The number of halogens is 1. The standard InChI is InChI=1S/C6H13ClNO/c1-8(2,3)4-5-6(7)9-5/h5-6H,4H2,1-3H3/q+1. The van der Waals surface area contributed by atoms with Gasteiger partial charge in [0, 0.05) is 0 Å². The van der Waals surface area contributed by atoms with Gasteiger partial charge in [-0.05, 0) is 0 Å². The quantitative estimate of drug-likeness (QED) is 0.320. The molecule has 0 aromatic rings. The maximum Gasteiger partial charge on any atom is 0.163 e. The molecule has 1 fully saturated rings. The summed E-state index contributed by atoms with van der Waals surface area (Å²) in [6.07, 6.45) is 0.298. The molecule has 0 aromatic carbocycles. The lowest BCUT2D eigenvalue weighted by molar-refractivity contribution is -0.870. The summed E-state index contributed by atoms with van der Waals surface area (Å²) in [5, 5.41) is 0. The maximum atomic E-state index is 5.63. The number of likely N-dealkylation sites (N-methyl/N-ethyl adjacent to an activating group) is 1. The van der Waals surface area contributed by atoms with Crippen LogP contribution in [-0.4, -0.2) is 43.8 Å². The van der Waals surface area contributed by atoms with E-state index in [1.165, 1.54) is 0 Å². The number of epoxide rings is 1.